The van der Waals surface area contributed by atoms with Gasteiger partial charge < -0.3 is 14.7 Å². The lowest BCUT2D eigenvalue weighted by molar-refractivity contribution is -0.143. The summed E-state index contributed by atoms with van der Waals surface area (Å²) in [4.78, 5) is 12.7. The third kappa shape index (κ3) is 4.24. The van der Waals surface area contributed by atoms with Crippen molar-refractivity contribution in [3.05, 3.63) is 0 Å². The highest BCUT2D eigenvalue weighted by atomic mass is 16.5. The SMILES string of the molecule is CC.CC(O)C(=O)N1CCOCC1. The van der Waals surface area contributed by atoms with Crippen molar-refractivity contribution in [2.24, 2.45) is 0 Å². The van der Waals surface area contributed by atoms with E-state index < -0.39 is 6.10 Å². The van der Waals surface area contributed by atoms with Gasteiger partial charge in [0.05, 0.1) is 13.2 Å². The lowest BCUT2D eigenvalue weighted by atomic mass is 10.3. The highest BCUT2D eigenvalue weighted by Gasteiger charge is 2.19. The number of nitrogens with zero attached hydrogens (tertiary/aromatic N) is 1. The van der Waals surface area contributed by atoms with E-state index in [9.17, 15) is 4.79 Å². The van der Waals surface area contributed by atoms with Crippen LogP contribution in [0.3, 0.4) is 0 Å². The molecule has 1 amide bonds. The molecule has 1 N–H and O–H groups in total. The summed E-state index contributed by atoms with van der Waals surface area (Å²) in [7, 11) is 0. The Hall–Kier alpha value is -0.610. The maximum absolute atomic E-state index is 11.1. The van der Waals surface area contributed by atoms with E-state index >= 15 is 0 Å². The van der Waals surface area contributed by atoms with Gasteiger partial charge in [-0.1, -0.05) is 13.8 Å². The zero-order chi connectivity index (χ0) is 10.3. The predicted octanol–water partition coefficient (Wildman–Crippen LogP) is 0.252. The van der Waals surface area contributed by atoms with Gasteiger partial charge in [-0.3, -0.25) is 4.79 Å². The molecule has 1 unspecified atom stereocenters. The van der Waals surface area contributed by atoms with Crippen molar-refractivity contribution in [1.82, 2.24) is 4.90 Å². The second kappa shape index (κ2) is 6.86. The van der Waals surface area contributed by atoms with E-state index in [0.717, 1.165) is 0 Å². The molecule has 0 bridgehead atoms. The van der Waals surface area contributed by atoms with Crippen molar-refractivity contribution in [3.8, 4) is 0 Å². The number of carbonyl (C=O) groups is 1. The molecule has 1 saturated heterocycles. The number of aliphatic hydroxyl groups excluding tert-OH is 1. The lowest BCUT2D eigenvalue weighted by Crippen LogP contribution is -2.44. The maximum atomic E-state index is 11.1. The molecule has 0 saturated carbocycles. The third-order valence-corrected chi connectivity index (χ3v) is 1.68. The number of rotatable bonds is 1. The average molecular weight is 189 g/mol. The van der Waals surface area contributed by atoms with Crippen LogP contribution in [0.2, 0.25) is 0 Å². The van der Waals surface area contributed by atoms with Crippen LogP contribution in [0.25, 0.3) is 0 Å². The van der Waals surface area contributed by atoms with Crippen LogP contribution in [0.1, 0.15) is 20.8 Å². The minimum Gasteiger partial charge on any atom is -0.384 e. The first kappa shape index (κ1) is 12.4. The molecule has 78 valence electrons. The maximum Gasteiger partial charge on any atom is 0.251 e. The van der Waals surface area contributed by atoms with E-state index in [1.54, 1.807) is 4.90 Å². The fraction of sp³-hybridized carbons (Fsp3) is 0.889. The molecule has 0 aromatic carbocycles. The molecular formula is C9H19NO3. The Labute approximate surface area is 79.5 Å². The molecule has 0 aromatic heterocycles. The molecule has 4 heteroatoms. The van der Waals surface area contributed by atoms with Gasteiger partial charge in [0.1, 0.15) is 6.10 Å². The minimum atomic E-state index is -0.881. The van der Waals surface area contributed by atoms with E-state index in [0.29, 0.717) is 26.3 Å². The summed E-state index contributed by atoms with van der Waals surface area (Å²) < 4.78 is 5.05. The van der Waals surface area contributed by atoms with Crippen LogP contribution >= 0.6 is 0 Å². The van der Waals surface area contributed by atoms with Crippen molar-refractivity contribution in [3.63, 3.8) is 0 Å². The molecule has 0 radical (unpaired) electrons. The number of ether oxygens (including phenoxy) is 1. The van der Waals surface area contributed by atoms with E-state index in [2.05, 4.69) is 0 Å². The topological polar surface area (TPSA) is 49.8 Å². The van der Waals surface area contributed by atoms with E-state index in [4.69, 9.17) is 9.84 Å². The number of carbonyl (C=O) groups excluding carboxylic acids is 1. The van der Waals surface area contributed by atoms with Crippen LogP contribution in [0.4, 0.5) is 0 Å². The standard InChI is InChI=1S/C7H13NO3.C2H6/c1-6(9)7(10)8-2-4-11-5-3-8;1-2/h6,9H,2-5H2,1H3;1-2H3. The Balaban J connectivity index is 0.000000671. The quantitative estimate of drug-likeness (QED) is 0.643. The second-order valence-electron chi connectivity index (χ2n) is 2.61. The largest absolute Gasteiger partial charge is 0.384 e. The van der Waals surface area contributed by atoms with E-state index in [1.165, 1.54) is 6.92 Å². The molecule has 1 aliphatic rings. The van der Waals surface area contributed by atoms with Gasteiger partial charge in [0.2, 0.25) is 0 Å². The Kier molecular flexibility index (Phi) is 6.54. The van der Waals surface area contributed by atoms with Gasteiger partial charge in [-0.15, -0.1) is 0 Å². The highest BCUT2D eigenvalue weighted by molar-refractivity contribution is 5.80. The van der Waals surface area contributed by atoms with E-state index in [-0.39, 0.29) is 5.91 Å². The van der Waals surface area contributed by atoms with Crippen molar-refractivity contribution in [2.75, 3.05) is 26.3 Å². The zero-order valence-electron chi connectivity index (χ0n) is 8.62. The Morgan fingerprint density at radius 3 is 2.23 bits per heavy atom. The zero-order valence-corrected chi connectivity index (χ0v) is 8.62. The highest BCUT2D eigenvalue weighted by Crippen LogP contribution is 1.99. The summed E-state index contributed by atoms with van der Waals surface area (Å²) in [5, 5.41) is 8.94. The van der Waals surface area contributed by atoms with Gasteiger partial charge in [-0.2, -0.15) is 0 Å². The first-order valence-electron chi connectivity index (χ1n) is 4.76. The molecular weight excluding hydrogens is 170 g/mol. The first-order valence-corrected chi connectivity index (χ1v) is 4.76. The van der Waals surface area contributed by atoms with Crippen LogP contribution in [-0.4, -0.2) is 48.3 Å². The first-order chi connectivity index (χ1) is 6.22. The molecule has 0 aromatic rings. The van der Waals surface area contributed by atoms with Gasteiger partial charge in [0.15, 0.2) is 0 Å². The van der Waals surface area contributed by atoms with Crippen LogP contribution in [-0.2, 0) is 9.53 Å². The van der Waals surface area contributed by atoms with Crippen LogP contribution in [0.5, 0.6) is 0 Å². The summed E-state index contributed by atoms with van der Waals surface area (Å²) in [6.45, 7) is 7.85. The van der Waals surface area contributed by atoms with Gasteiger partial charge in [0.25, 0.3) is 5.91 Å². The van der Waals surface area contributed by atoms with Gasteiger partial charge in [0, 0.05) is 13.1 Å². The molecule has 4 nitrogen and oxygen atoms in total. The van der Waals surface area contributed by atoms with Crippen LogP contribution < -0.4 is 0 Å². The molecule has 1 atom stereocenters. The van der Waals surface area contributed by atoms with Gasteiger partial charge in [-0.05, 0) is 6.92 Å². The smallest absolute Gasteiger partial charge is 0.251 e. The average Bonchev–Trinajstić information content (AvgIpc) is 2.21. The van der Waals surface area contributed by atoms with Crippen LogP contribution in [0.15, 0.2) is 0 Å². The summed E-state index contributed by atoms with van der Waals surface area (Å²) in [6, 6.07) is 0. The number of amides is 1. The van der Waals surface area contributed by atoms with Crippen LogP contribution in [0, 0.1) is 0 Å². The summed E-state index contributed by atoms with van der Waals surface area (Å²) in [5.41, 5.74) is 0. The fourth-order valence-corrected chi connectivity index (χ4v) is 1.05. The monoisotopic (exact) mass is 189 g/mol. The third-order valence-electron chi connectivity index (χ3n) is 1.68. The van der Waals surface area contributed by atoms with Gasteiger partial charge >= 0.3 is 0 Å². The molecule has 1 aliphatic heterocycles. The van der Waals surface area contributed by atoms with Crippen molar-refractivity contribution < 1.29 is 14.6 Å². The molecule has 0 aliphatic carbocycles. The number of hydrogen-bond donors (Lipinski definition) is 1. The summed E-state index contributed by atoms with van der Waals surface area (Å²) in [6.07, 6.45) is -0.881. The van der Waals surface area contributed by atoms with Crippen molar-refractivity contribution >= 4 is 5.91 Å². The molecule has 0 spiro atoms. The Morgan fingerprint density at radius 1 is 1.38 bits per heavy atom. The minimum absolute atomic E-state index is 0.201. The summed E-state index contributed by atoms with van der Waals surface area (Å²) in [5.74, 6) is -0.201. The lowest BCUT2D eigenvalue weighted by Gasteiger charge is -2.27. The number of morpholine rings is 1. The molecule has 1 heterocycles. The molecule has 1 fully saturated rings. The normalized spacial score (nSPS) is 18.6. The predicted molar refractivity (Wildman–Crippen MR) is 50.4 cm³/mol. The molecule has 1 rings (SSSR count). The second-order valence-corrected chi connectivity index (χ2v) is 2.61. The van der Waals surface area contributed by atoms with Crippen molar-refractivity contribution in [2.45, 2.75) is 26.9 Å². The molecule has 13 heavy (non-hydrogen) atoms. The van der Waals surface area contributed by atoms with Crippen molar-refractivity contribution in [1.29, 1.82) is 0 Å². The Bertz CT molecular complexity index is 142. The van der Waals surface area contributed by atoms with Gasteiger partial charge in [-0.25, -0.2) is 0 Å². The fourth-order valence-electron chi connectivity index (χ4n) is 1.05. The number of aliphatic hydroxyl groups is 1. The Morgan fingerprint density at radius 2 is 1.85 bits per heavy atom. The summed E-state index contributed by atoms with van der Waals surface area (Å²) >= 11 is 0. The van der Waals surface area contributed by atoms with E-state index in [1.807, 2.05) is 13.8 Å². The number of hydrogen-bond acceptors (Lipinski definition) is 3.